The topological polar surface area (TPSA) is 115 Å². The lowest BCUT2D eigenvalue weighted by atomic mass is 9.94. The van der Waals surface area contributed by atoms with Crippen molar-refractivity contribution in [3.8, 4) is 5.75 Å². The van der Waals surface area contributed by atoms with Gasteiger partial charge in [0, 0.05) is 38.9 Å². The average molecular weight is 392 g/mol. The first-order valence-electron chi connectivity index (χ1n) is 9.68. The van der Waals surface area contributed by atoms with Crippen molar-refractivity contribution in [3.05, 3.63) is 24.0 Å². The number of nitrogens with one attached hydrogen (secondary N) is 1. The Balaban J connectivity index is 1.47. The molecule has 154 valence electrons. The Morgan fingerprint density at radius 2 is 1.96 bits per heavy atom. The van der Waals surface area contributed by atoms with Crippen LogP contribution in [0, 0.1) is 0 Å². The summed E-state index contributed by atoms with van der Waals surface area (Å²) in [6.07, 6.45) is 4.45. The van der Waals surface area contributed by atoms with Crippen molar-refractivity contribution >= 4 is 11.8 Å². The zero-order valence-electron chi connectivity index (χ0n) is 16.0. The zero-order chi connectivity index (χ0) is 20.0. The van der Waals surface area contributed by atoms with Crippen LogP contribution in [0.15, 0.2) is 18.5 Å². The maximum absolute atomic E-state index is 12.5. The fourth-order valence-electron chi connectivity index (χ4n) is 3.68. The molecule has 2 amide bonds. The lowest BCUT2D eigenvalue weighted by molar-refractivity contribution is -0.130. The minimum absolute atomic E-state index is 0.106. The van der Waals surface area contributed by atoms with E-state index < -0.39 is 11.5 Å². The number of aromatic nitrogens is 1. The third-order valence-electron chi connectivity index (χ3n) is 5.28. The van der Waals surface area contributed by atoms with Crippen LogP contribution in [0.5, 0.6) is 5.75 Å². The molecule has 0 radical (unpaired) electrons. The highest BCUT2D eigenvalue weighted by molar-refractivity contribution is 5.96. The number of carbonyl (C=O) groups is 2. The van der Waals surface area contributed by atoms with Crippen LogP contribution >= 0.6 is 0 Å². The third-order valence-corrected chi connectivity index (χ3v) is 5.28. The van der Waals surface area contributed by atoms with E-state index >= 15 is 0 Å². The van der Waals surface area contributed by atoms with Crippen LogP contribution in [0.1, 0.15) is 29.6 Å². The van der Waals surface area contributed by atoms with Crippen LogP contribution in [0.25, 0.3) is 0 Å². The predicted octanol–water partition coefficient (Wildman–Crippen LogP) is -0.407. The smallest absolute Gasteiger partial charge is 0.253 e. The summed E-state index contributed by atoms with van der Waals surface area (Å²) in [6, 6.07) is 1.30. The van der Waals surface area contributed by atoms with Crippen LogP contribution < -0.4 is 5.32 Å². The van der Waals surface area contributed by atoms with Crippen LogP contribution in [0.4, 0.5) is 0 Å². The van der Waals surface area contributed by atoms with Gasteiger partial charge in [0.1, 0.15) is 5.75 Å². The van der Waals surface area contributed by atoms with E-state index in [0.717, 1.165) is 19.5 Å². The standard InChI is InChI=1S/C19H28N4O5/c24-16-10-15(11-20-12-16)18(26)21-13-17(25)23-4-1-2-19(27,3-5-23)14-22-6-8-28-9-7-22/h10-12,24,27H,1-9,13-14H2,(H,21,26)/t19-/m0/s1. The molecule has 0 bridgehead atoms. The van der Waals surface area contributed by atoms with E-state index in [1.165, 1.54) is 18.5 Å². The Hall–Kier alpha value is -2.23. The SMILES string of the molecule is O=C(NCC(=O)N1CCC[C@@](O)(CN2CCOCC2)CC1)c1cncc(O)c1. The number of β-amino-alcohol motifs (C(OH)–C–C–N with tert-alkyl or cyclic N) is 1. The van der Waals surface area contributed by atoms with Crippen LogP contribution in [-0.4, -0.2) is 94.9 Å². The molecule has 2 saturated heterocycles. The highest BCUT2D eigenvalue weighted by Gasteiger charge is 2.33. The van der Waals surface area contributed by atoms with E-state index in [-0.39, 0.29) is 23.8 Å². The van der Waals surface area contributed by atoms with Gasteiger partial charge in [-0.1, -0.05) is 0 Å². The van der Waals surface area contributed by atoms with Crippen LogP contribution in [0.2, 0.25) is 0 Å². The number of hydrogen-bond acceptors (Lipinski definition) is 7. The zero-order valence-corrected chi connectivity index (χ0v) is 16.0. The van der Waals surface area contributed by atoms with Gasteiger partial charge in [0.05, 0.1) is 37.1 Å². The number of amides is 2. The van der Waals surface area contributed by atoms with Gasteiger partial charge < -0.3 is 25.2 Å². The van der Waals surface area contributed by atoms with Gasteiger partial charge in [-0.05, 0) is 25.3 Å². The molecule has 0 aliphatic carbocycles. The first kappa shape index (κ1) is 20.5. The van der Waals surface area contributed by atoms with E-state index in [9.17, 15) is 19.8 Å². The molecule has 9 nitrogen and oxygen atoms in total. The number of nitrogens with zero attached hydrogens (tertiary/aromatic N) is 3. The van der Waals surface area contributed by atoms with Crippen molar-refractivity contribution in [1.29, 1.82) is 0 Å². The molecule has 2 aliphatic heterocycles. The number of aliphatic hydroxyl groups is 1. The number of aromatic hydroxyl groups is 1. The fraction of sp³-hybridized carbons (Fsp3) is 0.632. The molecule has 3 heterocycles. The summed E-state index contributed by atoms with van der Waals surface area (Å²) in [7, 11) is 0. The molecule has 3 N–H and O–H groups in total. The van der Waals surface area contributed by atoms with Gasteiger partial charge in [-0.25, -0.2) is 0 Å². The summed E-state index contributed by atoms with van der Waals surface area (Å²) in [6.45, 7) is 4.51. The lowest BCUT2D eigenvalue weighted by Gasteiger charge is -2.35. The van der Waals surface area contributed by atoms with Crippen molar-refractivity contribution in [2.45, 2.75) is 24.9 Å². The summed E-state index contributed by atoms with van der Waals surface area (Å²) in [5, 5.41) is 22.9. The molecule has 0 unspecified atom stereocenters. The lowest BCUT2D eigenvalue weighted by Crippen LogP contribution is -2.48. The highest BCUT2D eigenvalue weighted by Crippen LogP contribution is 2.24. The maximum Gasteiger partial charge on any atom is 0.253 e. The summed E-state index contributed by atoms with van der Waals surface area (Å²) >= 11 is 0. The van der Waals surface area contributed by atoms with E-state index in [4.69, 9.17) is 4.74 Å². The van der Waals surface area contributed by atoms with Gasteiger partial charge in [-0.2, -0.15) is 0 Å². The number of rotatable bonds is 5. The van der Waals surface area contributed by atoms with Gasteiger partial charge in [-0.15, -0.1) is 0 Å². The molecule has 0 aromatic carbocycles. The van der Waals surface area contributed by atoms with Gasteiger partial charge in [0.2, 0.25) is 5.91 Å². The second kappa shape index (κ2) is 9.31. The fourth-order valence-corrected chi connectivity index (χ4v) is 3.68. The Bertz CT molecular complexity index is 695. The van der Waals surface area contributed by atoms with Crippen LogP contribution in [0.3, 0.4) is 0 Å². The van der Waals surface area contributed by atoms with Gasteiger partial charge in [0.25, 0.3) is 5.91 Å². The number of hydrogen-bond donors (Lipinski definition) is 3. The minimum Gasteiger partial charge on any atom is -0.506 e. The second-order valence-electron chi connectivity index (χ2n) is 7.46. The molecule has 3 rings (SSSR count). The summed E-state index contributed by atoms with van der Waals surface area (Å²) in [5.41, 5.74) is -0.605. The molecular formula is C19H28N4O5. The molecule has 1 aromatic rings. The van der Waals surface area contributed by atoms with Crippen molar-refractivity contribution in [3.63, 3.8) is 0 Å². The van der Waals surface area contributed by atoms with E-state index in [0.29, 0.717) is 45.7 Å². The Labute approximate surface area is 164 Å². The van der Waals surface area contributed by atoms with Crippen LogP contribution in [-0.2, 0) is 9.53 Å². The third kappa shape index (κ3) is 5.63. The van der Waals surface area contributed by atoms with E-state index in [2.05, 4.69) is 15.2 Å². The Morgan fingerprint density at radius 3 is 2.71 bits per heavy atom. The number of morpholine rings is 1. The van der Waals surface area contributed by atoms with Gasteiger partial charge in [-0.3, -0.25) is 19.5 Å². The molecular weight excluding hydrogens is 364 g/mol. The quantitative estimate of drug-likeness (QED) is 0.624. The molecule has 1 atom stereocenters. The highest BCUT2D eigenvalue weighted by atomic mass is 16.5. The van der Waals surface area contributed by atoms with Gasteiger partial charge in [0.15, 0.2) is 0 Å². The molecule has 28 heavy (non-hydrogen) atoms. The monoisotopic (exact) mass is 392 g/mol. The van der Waals surface area contributed by atoms with E-state index in [1.54, 1.807) is 4.90 Å². The maximum atomic E-state index is 12.5. The Morgan fingerprint density at radius 1 is 1.18 bits per heavy atom. The summed E-state index contributed by atoms with van der Waals surface area (Å²) < 4.78 is 5.35. The Kier molecular flexibility index (Phi) is 6.82. The molecule has 0 spiro atoms. The van der Waals surface area contributed by atoms with Crippen molar-refractivity contribution in [1.82, 2.24) is 20.1 Å². The van der Waals surface area contributed by atoms with Gasteiger partial charge >= 0.3 is 0 Å². The summed E-state index contributed by atoms with van der Waals surface area (Å²) in [5.74, 6) is -0.751. The number of carbonyl (C=O) groups excluding carboxylic acids is 2. The molecule has 2 aliphatic rings. The first-order chi connectivity index (χ1) is 13.5. The number of pyridine rings is 1. The predicted molar refractivity (Wildman–Crippen MR) is 101 cm³/mol. The molecule has 1 aromatic heterocycles. The molecule has 9 heteroatoms. The van der Waals surface area contributed by atoms with Crippen molar-refractivity contribution in [2.75, 3.05) is 52.5 Å². The largest absolute Gasteiger partial charge is 0.506 e. The normalized spacial score (nSPS) is 23.8. The van der Waals surface area contributed by atoms with Crippen molar-refractivity contribution in [2.24, 2.45) is 0 Å². The first-order valence-corrected chi connectivity index (χ1v) is 9.68. The minimum atomic E-state index is -0.803. The van der Waals surface area contributed by atoms with Crippen molar-refractivity contribution < 1.29 is 24.5 Å². The van der Waals surface area contributed by atoms with E-state index in [1.807, 2.05) is 0 Å². The average Bonchev–Trinajstić information content (AvgIpc) is 2.88. The second-order valence-corrected chi connectivity index (χ2v) is 7.46. The number of likely N-dealkylation sites (tertiary alicyclic amines) is 1. The summed E-state index contributed by atoms with van der Waals surface area (Å²) in [4.78, 5) is 32.2. The molecule has 2 fully saturated rings. The molecule has 0 saturated carbocycles. The number of ether oxygens (including phenoxy) is 1.